The van der Waals surface area contributed by atoms with Crippen LogP contribution in [0.4, 0.5) is 5.82 Å². The summed E-state index contributed by atoms with van der Waals surface area (Å²) < 4.78 is 1.83. The fraction of sp³-hybridized carbons (Fsp3) is 0.571. The molecular formula is C14H21N3O2. The maximum atomic E-state index is 10.7. The normalized spacial score (nSPS) is 15.7. The second-order valence-corrected chi connectivity index (χ2v) is 5.30. The van der Waals surface area contributed by atoms with Gasteiger partial charge in [0.15, 0.2) is 0 Å². The zero-order valence-corrected chi connectivity index (χ0v) is 11.8. The maximum absolute atomic E-state index is 10.7. The Morgan fingerprint density at radius 1 is 1.58 bits per heavy atom. The molecule has 1 aliphatic carbocycles. The van der Waals surface area contributed by atoms with Crippen LogP contribution in [0.2, 0.25) is 0 Å². The van der Waals surface area contributed by atoms with Gasteiger partial charge in [-0.25, -0.2) is 4.79 Å². The summed E-state index contributed by atoms with van der Waals surface area (Å²) in [6.45, 7) is 2.91. The molecule has 1 saturated carbocycles. The van der Waals surface area contributed by atoms with E-state index < -0.39 is 5.97 Å². The van der Waals surface area contributed by atoms with Crippen molar-refractivity contribution in [2.75, 3.05) is 18.5 Å². The van der Waals surface area contributed by atoms with Crippen LogP contribution in [-0.4, -0.2) is 34.4 Å². The first kappa shape index (κ1) is 13.6. The Balaban J connectivity index is 2.24. The van der Waals surface area contributed by atoms with Crippen molar-refractivity contribution in [2.24, 2.45) is 13.0 Å². The van der Waals surface area contributed by atoms with Crippen LogP contribution < -0.4 is 4.90 Å². The summed E-state index contributed by atoms with van der Waals surface area (Å²) in [4.78, 5) is 12.9. The summed E-state index contributed by atoms with van der Waals surface area (Å²) in [6.07, 6.45) is 6.72. The predicted molar refractivity (Wildman–Crippen MR) is 75.2 cm³/mol. The lowest BCUT2D eigenvalue weighted by molar-refractivity contribution is -0.131. The second-order valence-electron chi connectivity index (χ2n) is 5.30. The van der Waals surface area contributed by atoms with Gasteiger partial charge in [0, 0.05) is 32.3 Å². The summed E-state index contributed by atoms with van der Waals surface area (Å²) in [6, 6.07) is 0. The van der Waals surface area contributed by atoms with E-state index in [1.807, 2.05) is 25.7 Å². The Morgan fingerprint density at radius 2 is 2.26 bits per heavy atom. The molecule has 1 heterocycles. The molecule has 5 heteroatoms. The number of aliphatic carboxylic acids is 1. The quantitative estimate of drug-likeness (QED) is 0.826. The first-order valence-electron chi connectivity index (χ1n) is 6.64. The summed E-state index contributed by atoms with van der Waals surface area (Å²) in [5.41, 5.74) is 1.75. The average molecular weight is 263 g/mol. The van der Waals surface area contributed by atoms with Crippen molar-refractivity contribution >= 4 is 17.9 Å². The summed E-state index contributed by atoms with van der Waals surface area (Å²) in [5, 5.41) is 13.2. The van der Waals surface area contributed by atoms with Gasteiger partial charge in [-0.05, 0) is 31.8 Å². The molecule has 0 bridgehead atoms. The molecule has 0 amide bonds. The van der Waals surface area contributed by atoms with Crippen molar-refractivity contribution in [3.63, 3.8) is 0 Å². The van der Waals surface area contributed by atoms with Gasteiger partial charge in [-0.1, -0.05) is 6.42 Å². The molecule has 0 atom stereocenters. The van der Waals surface area contributed by atoms with Gasteiger partial charge in [0.1, 0.15) is 5.82 Å². The summed E-state index contributed by atoms with van der Waals surface area (Å²) in [5.74, 6) is 0.814. The van der Waals surface area contributed by atoms with Gasteiger partial charge in [0.05, 0.1) is 5.69 Å². The third-order valence-corrected chi connectivity index (χ3v) is 3.75. The minimum Gasteiger partial charge on any atom is -0.478 e. The Bertz CT molecular complexity index is 501. The SMILES string of the molecule is Cc1nn(C)c(N(C)CC2CCC2)c1C=CC(=O)O. The Hall–Kier alpha value is -1.78. The molecule has 0 saturated heterocycles. The van der Waals surface area contributed by atoms with Gasteiger partial charge in [0.2, 0.25) is 0 Å². The highest BCUT2D eigenvalue weighted by atomic mass is 16.4. The maximum Gasteiger partial charge on any atom is 0.328 e. The first-order chi connectivity index (χ1) is 8.99. The molecule has 1 aromatic rings. The molecule has 19 heavy (non-hydrogen) atoms. The highest BCUT2D eigenvalue weighted by molar-refractivity contribution is 5.87. The number of rotatable bonds is 5. The number of carboxylic acids is 1. The van der Waals surface area contributed by atoms with Crippen LogP contribution in [0.15, 0.2) is 6.08 Å². The van der Waals surface area contributed by atoms with Crippen LogP contribution in [0.25, 0.3) is 6.08 Å². The number of aryl methyl sites for hydroxylation is 2. The fourth-order valence-electron chi connectivity index (χ4n) is 2.61. The zero-order valence-electron chi connectivity index (χ0n) is 11.8. The third kappa shape index (κ3) is 2.97. The van der Waals surface area contributed by atoms with Gasteiger partial charge in [0.25, 0.3) is 0 Å². The highest BCUT2D eigenvalue weighted by Crippen LogP contribution is 2.30. The minimum atomic E-state index is -0.934. The van der Waals surface area contributed by atoms with Crippen LogP contribution in [0.5, 0.6) is 0 Å². The van der Waals surface area contributed by atoms with Crippen molar-refractivity contribution in [2.45, 2.75) is 26.2 Å². The molecule has 104 valence electrons. The molecule has 1 fully saturated rings. The van der Waals surface area contributed by atoms with Crippen LogP contribution in [0.3, 0.4) is 0 Å². The smallest absolute Gasteiger partial charge is 0.328 e. The highest BCUT2D eigenvalue weighted by Gasteiger charge is 2.22. The molecule has 0 unspecified atom stereocenters. The summed E-state index contributed by atoms with van der Waals surface area (Å²) in [7, 11) is 3.95. The van der Waals surface area contributed by atoms with Crippen molar-refractivity contribution in [3.05, 3.63) is 17.3 Å². The standard InChI is InChI=1S/C14H21N3O2/c1-10-12(7-8-13(18)19)14(17(3)15-10)16(2)9-11-5-4-6-11/h7-8,11H,4-6,9H2,1-3H3,(H,18,19). The molecule has 1 aliphatic rings. The van der Waals surface area contributed by atoms with Gasteiger partial charge in [-0.15, -0.1) is 0 Å². The number of carbonyl (C=O) groups is 1. The molecule has 0 aliphatic heterocycles. The number of hydrogen-bond donors (Lipinski definition) is 1. The number of anilines is 1. The third-order valence-electron chi connectivity index (χ3n) is 3.75. The van der Waals surface area contributed by atoms with Crippen molar-refractivity contribution in [3.8, 4) is 0 Å². The van der Waals surface area contributed by atoms with E-state index in [1.165, 1.54) is 25.3 Å². The van der Waals surface area contributed by atoms with Crippen LogP contribution in [0.1, 0.15) is 30.5 Å². The lowest BCUT2D eigenvalue weighted by Crippen LogP contribution is -2.30. The van der Waals surface area contributed by atoms with E-state index >= 15 is 0 Å². The molecule has 1 aromatic heterocycles. The zero-order chi connectivity index (χ0) is 14.0. The van der Waals surface area contributed by atoms with Crippen molar-refractivity contribution < 1.29 is 9.90 Å². The number of hydrogen-bond acceptors (Lipinski definition) is 3. The molecule has 2 rings (SSSR count). The Morgan fingerprint density at radius 3 is 2.79 bits per heavy atom. The number of carboxylic acid groups (broad SMARTS) is 1. The van der Waals surface area contributed by atoms with Crippen LogP contribution in [-0.2, 0) is 11.8 Å². The van der Waals surface area contributed by atoms with Gasteiger partial charge in [-0.2, -0.15) is 5.10 Å². The topological polar surface area (TPSA) is 58.4 Å². The predicted octanol–water partition coefficient (Wildman–Crippen LogP) is 2.06. The van der Waals surface area contributed by atoms with E-state index in [4.69, 9.17) is 5.11 Å². The van der Waals surface area contributed by atoms with Gasteiger partial charge in [-0.3, -0.25) is 4.68 Å². The molecule has 0 spiro atoms. The van der Waals surface area contributed by atoms with Crippen LogP contribution >= 0.6 is 0 Å². The second kappa shape index (κ2) is 5.47. The monoisotopic (exact) mass is 263 g/mol. The van der Waals surface area contributed by atoms with E-state index in [-0.39, 0.29) is 0 Å². The number of nitrogens with zero attached hydrogens (tertiary/aromatic N) is 3. The lowest BCUT2D eigenvalue weighted by Gasteiger charge is -2.31. The number of aromatic nitrogens is 2. The minimum absolute atomic E-state index is 0.761. The summed E-state index contributed by atoms with van der Waals surface area (Å²) >= 11 is 0. The van der Waals surface area contributed by atoms with E-state index in [9.17, 15) is 4.79 Å². The van der Waals surface area contributed by atoms with E-state index in [1.54, 1.807) is 6.08 Å². The fourth-order valence-corrected chi connectivity index (χ4v) is 2.61. The van der Waals surface area contributed by atoms with Crippen LogP contribution in [0, 0.1) is 12.8 Å². The molecule has 0 radical (unpaired) electrons. The molecule has 5 nitrogen and oxygen atoms in total. The lowest BCUT2D eigenvalue weighted by atomic mass is 9.85. The van der Waals surface area contributed by atoms with Crippen molar-refractivity contribution in [1.29, 1.82) is 0 Å². The van der Waals surface area contributed by atoms with Gasteiger partial charge < -0.3 is 10.0 Å². The Kier molecular flexibility index (Phi) is 3.93. The Labute approximate surface area is 113 Å². The van der Waals surface area contributed by atoms with E-state index in [0.29, 0.717) is 0 Å². The van der Waals surface area contributed by atoms with E-state index in [0.717, 1.165) is 29.5 Å². The molecule has 0 aromatic carbocycles. The largest absolute Gasteiger partial charge is 0.478 e. The molecular weight excluding hydrogens is 242 g/mol. The first-order valence-corrected chi connectivity index (χ1v) is 6.64. The van der Waals surface area contributed by atoms with Gasteiger partial charge >= 0.3 is 5.97 Å². The van der Waals surface area contributed by atoms with E-state index in [2.05, 4.69) is 10.00 Å². The molecule has 1 N–H and O–H groups in total. The van der Waals surface area contributed by atoms with Crippen molar-refractivity contribution in [1.82, 2.24) is 9.78 Å². The average Bonchev–Trinajstić information content (AvgIpc) is 2.55.